The Kier molecular flexibility index (Phi) is 2.98. The van der Waals surface area contributed by atoms with Gasteiger partial charge in [-0.2, -0.15) is 0 Å². The van der Waals surface area contributed by atoms with Gasteiger partial charge in [-0.25, -0.2) is 14.4 Å². The molecule has 2 rings (SSSR count). The SMILES string of the molecule is Cc1nc(-c2ccc(Cl)cc2F)nc(N)c1C. The van der Waals surface area contributed by atoms with Crippen LogP contribution in [0.15, 0.2) is 18.2 Å². The van der Waals surface area contributed by atoms with E-state index in [1.54, 1.807) is 12.1 Å². The van der Waals surface area contributed by atoms with E-state index in [9.17, 15) is 4.39 Å². The second-order valence-corrected chi connectivity index (χ2v) is 4.20. The summed E-state index contributed by atoms with van der Waals surface area (Å²) in [5, 5.41) is 0.336. The fraction of sp³-hybridized carbons (Fsp3) is 0.167. The molecule has 1 aromatic carbocycles. The summed E-state index contributed by atoms with van der Waals surface area (Å²) < 4.78 is 13.7. The van der Waals surface area contributed by atoms with Crippen LogP contribution >= 0.6 is 11.6 Å². The monoisotopic (exact) mass is 251 g/mol. The van der Waals surface area contributed by atoms with E-state index in [4.69, 9.17) is 17.3 Å². The van der Waals surface area contributed by atoms with Crippen LogP contribution in [0.25, 0.3) is 11.4 Å². The molecule has 5 heteroatoms. The minimum Gasteiger partial charge on any atom is -0.383 e. The molecule has 3 nitrogen and oxygen atoms in total. The Morgan fingerprint density at radius 3 is 2.53 bits per heavy atom. The van der Waals surface area contributed by atoms with Crippen LogP contribution < -0.4 is 5.73 Å². The third kappa shape index (κ3) is 2.22. The van der Waals surface area contributed by atoms with E-state index >= 15 is 0 Å². The average molecular weight is 252 g/mol. The fourth-order valence-electron chi connectivity index (χ4n) is 1.44. The maximum atomic E-state index is 13.7. The highest BCUT2D eigenvalue weighted by Gasteiger charge is 2.11. The molecule has 0 saturated heterocycles. The van der Waals surface area contributed by atoms with Crippen LogP contribution in [0, 0.1) is 19.7 Å². The lowest BCUT2D eigenvalue weighted by Crippen LogP contribution is -2.02. The van der Waals surface area contributed by atoms with Crippen molar-refractivity contribution in [3.05, 3.63) is 40.3 Å². The number of rotatable bonds is 1. The van der Waals surface area contributed by atoms with Crippen LogP contribution in [0.3, 0.4) is 0 Å². The lowest BCUT2D eigenvalue weighted by molar-refractivity contribution is 0.630. The number of nitrogens with two attached hydrogens (primary N) is 1. The Bertz CT molecular complexity index is 561. The van der Waals surface area contributed by atoms with Crippen molar-refractivity contribution >= 4 is 17.4 Å². The van der Waals surface area contributed by atoms with Crippen molar-refractivity contribution in [1.29, 1.82) is 0 Å². The first-order chi connectivity index (χ1) is 7.99. The maximum Gasteiger partial charge on any atom is 0.164 e. The first-order valence-electron chi connectivity index (χ1n) is 5.05. The number of anilines is 1. The van der Waals surface area contributed by atoms with Gasteiger partial charge in [0.05, 0.1) is 5.56 Å². The van der Waals surface area contributed by atoms with Gasteiger partial charge in [0.1, 0.15) is 11.6 Å². The molecule has 2 aromatic rings. The van der Waals surface area contributed by atoms with Crippen LogP contribution in [0.2, 0.25) is 5.02 Å². The van der Waals surface area contributed by atoms with E-state index in [0.29, 0.717) is 16.4 Å². The Balaban J connectivity index is 2.61. The molecule has 0 atom stereocenters. The maximum absolute atomic E-state index is 13.7. The van der Waals surface area contributed by atoms with Crippen molar-refractivity contribution in [3.8, 4) is 11.4 Å². The zero-order chi connectivity index (χ0) is 12.6. The van der Waals surface area contributed by atoms with Gasteiger partial charge in [-0.1, -0.05) is 11.6 Å². The first kappa shape index (κ1) is 11.8. The molecule has 1 heterocycles. The van der Waals surface area contributed by atoms with Crippen LogP contribution in [0.4, 0.5) is 10.2 Å². The van der Waals surface area contributed by atoms with E-state index < -0.39 is 5.82 Å². The number of hydrogen-bond donors (Lipinski definition) is 1. The molecule has 2 N–H and O–H groups in total. The standard InChI is InChI=1S/C12H11ClFN3/c1-6-7(2)16-12(17-11(6)15)9-4-3-8(13)5-10(9)14/h3-5H,1-2H3,(H2,15,16,17). The number of halogens is 2. The van der Waals surface area contributed by atoms with E-state index in [2.05, 4.69) is 9.97 Å². The average Bonchev–Trinajstić information content (AvgIpc) is 2.25. The Morgan fingerprint density at radius 1 is 1.24 bits per heavy atom. The zero-order valence-electron chi connectivity index (χ0n) is 9.46. The van der Waals surface area contributed by atoms with Gasteiger partial charge in [-0.3, -0.25) is 0 Å². The number of hydrogen-bond acceptors (Lipinski definition) is 3. The van der Waals surface area contributed by atoms with Crippen LogP contribution in [-0.4, -0.2) is 9.97 Å². The predicted molar refractivity (Wildman–Crippen MR) is 66.3 cm³/mol. The summed E-state index contributed by atoms with van der Waals surface area (Å²) >= 11 is 5.69. The second-order valence-electron chi connectivity index (χ2n) is 3.77. The molecule has 0 radical (unpaired) electrons. The first-order valence-corrected chi connectivity index (χ1v) is 5.43. The Hall–Kier alpha value is -1.68. The normalized spacial score (nSPS) is 10.6. The highest BCUT2D eigenvalue weighted by atomic mass is 35.5. The molecule has 0 amide bonds. The molecule has 0 aliphatic heterocycles. The third-order valence-electron chi connectivity index (χ3n) is 2.60. The summed E-state index contributed by atoms with van der Waals surface area (Å²) in [4.78, 5) is 8.30. The van der Waals surface area contributed by atoms with Gasteiger partial charge in [0, 0.05) is 16.3 Å². The molecular formula is C12H11ClFN3. The number of aryl methyl sites for hydroxylation is 1. The number of benzene rings is 1. The van der Waals surface area contributed by atoms with Crippen molar-refractivity contribution < 1.29 is 4.39 Å². The van der Waals surface area contributed by atoms with E-state index in [1.807, 2.05) is 13.8 Å². The topological polar surface area (TPSA) is 51.8 Å². The van der Waals surface area contributed by atoms with E-state index in [-0.39, 0.29) is 5.82 Å². The summed E-state index contributed by atoms with van der Waals surface area (Å²) in [6.07, 6.45) is 0. The van der Waals surface area contributed by atoms with Gasteiger partial charge in [-0.15, -0.1) is 0 Å². The molecule has 1 aromatic heterocycles. The third-order valence-corrected chi connectivity index (χ3v) is 2.83. The lowest BCUT2D eigenvalue weighted by atomic mass is 10.1. The van der Waals surface area contributed by atoms with Gasteiger partial charge in [0.25, 0.3) is 0 Å². The summed E-state index contributed by atoms with van der Waals surface area (Å²) in [5.74, 6) is 0.182. The molecular weight excluding hydrogens is 241 g/mol. The van der Waals surface area contributed by atoms with Crippen molar-refractivity contribution in [2.24, 2.45) is 0 Å². The molecule has 0 unspecified atom stereocenters. The second kappa shape index (κ2) is 4.30. The summed E-state index contributed by atoms with van der Waals surface area (Å²) in [6.45, 7) is 3.64. The summed E-state index contributed by atoms with van der Waals surface area (Å²) in [5.41, 5.74) is 7.58. The smallest absolute Gasteiger partial charge is 0.164 e. The predicted octanol–water partition coefficient (Wildman–Crippen LogP) is 3.14. The molecule has 0 aliphatic rings. The minimum absolute atomic E-state index is 0.278. The van der Waals surface area contributed by atoms with Crippen molar-refractivity contribution in [2.45, 2.75) is 13.8 Å². The molecule has 0 fully saturated rings. The van der Waals surface area contributed by atoms with E-state index in [1.165, 1.54) is 6.07 Å². The minimum atomic E-state index is -0.458. The lowest BCUT2D eigenvalue weighted by Gasteiger charge is -2.07. The highest BCUT2D eigenvalue weighted by molar-refractivity contribution is 6.30. The molecule has 17 heavy (non-hydrogen) atoms. The molecule has 88 valence electrons. The Labute approximate surface area is 103 Å². The number of nitrogens with zero attached hydrogens (tertiary/aromatic N) is 2. The zero-order valence-corrected chi connectivity index (χ0v) is 10.2. The highest BCUT2D eigenvalue weighted by Crippen LogP contribution is 2.24. The van der Waals surface area contributed by atoms with Gasteiger partial charge < -0.3 is 5.73 Å². The quantitative estimate of drug-likeness (QED) is 0.847. The summed E-state index contributed by atoms with van der Waals surface area (Å²) in [6, 6.07) is 4.36. The number of aromatic nitrogens is 2. The van der Waals surface area contributed by atoms with Crippen LogP contribution in [0.1, 0.15) is 11.3 Å². The van der Waals surface area contributed by atoms with Crippen LogP contribution in [0.5, 0.6) is 0 Å². The van der Waals surface area contributed by atoms with Crippen molar-refractivity contribution in [1.82, 2.24) is 9.97 Å². The van der Waals surface area contributed by atoms with Crippen LogP contribution in [-0.2, 0) is 0 Å². The van der Waals surface area contributed by atoms with Gasteiger partial charge in [0.15, 0.2) is 5.82 Å². The fourth-order valence-corrected chi connectivity index (χ4v) is 1.60. The molecule has 0 spiro atoms. The largest absolute Gasteiger partial charge is 0.383 e. The van der Waals surface area contributed by atoms with Crippen molar-refractivity contribution in [2.75, 3.05) is 5.73 Å². The van der Waals surface area contributed by atoms with Gasteiger partial charge >= 0.3 is 0 Å². The molecule has 0 saturated carbocycles. The number of nitrogen functional groups attached to an aromatic ring is 1. The van der Waals surface area contributed by atoms with Gasteiger partial charge in [-0.05, 0) is 32.0 Å². The Morgan fingerprint density at radius 2 is 1.94 bits per heavy atom. The summed E-state index contributed by atoms with van der Waals surface area (Å²) in [7, 11) is 0. The van der Waals surface area contributed by atoms with E-state index in [0.717, 1.165) is 11.3 Å². The molecule has 0 bridgehead atoms. The van der Waals surface area contributed by atoms with Gasteiger partial charge in [0.2, 0.25) is 0 Å². The van der Waals surface area contributed by atoms with Crippen molar-refractivity contribution in [3.63, 3.8) is 0 Å². The molecule has 0 aliphatic carbocycles.